The number of ether oxygens (including phenoxy) is 1. The number of hydrogen-bond donors (Lipinski definition) is 0. The van der Waals surface area contributed by atoms with E-state index in [-0.39, 0.29) is 0 Å². The maximum Gasteiger partial charge on any atom is 0.425 e. The van der Waals surface area contributed by atoms with Gasteiger partial charge < -0.3 is 4.74 Å². The molecule has 0 saturated heterocycles. The molecule has 0 saturated carbocycles. The van der Waals surface area contributed by atoms with E-state index in [0.29, 0.717) is 0 Å². The number of hydrogen-bond acceptors (Lipinski definition) is 2. The Balaban J connectivity index is 4.47. The van der Waals surface area contributed by atoms with E-state index in [4.69, 9.17) is 0 Å². The summed E-state index contributed by atoms with van der Waals surface area (Å²) in [6.45, 7) is 1.89. The van der Waals surface area contributed by atoms with E-state index in [1.54, 1.807) is 0 Å². The topological polar surface area (TPSA) is 26.3 Å². The summed E-state index contributed by atoms with van der Waals surface area (Å²) >= 11 is 0. The lowest BCUT2D eigenvalue weighted by Crippen LogP contribution is -2.44. The van der Waals surface area contributed by atoms with Crippen molar-refractivity contribution < 1.29 is 35.9 Å². The molecule has 0 aromatic heterocycles. The van der Waals surface area contributed by atoms with E-state index in [9.17, 15) is 31.1 Å². The summed E-state index contributed by atoms with van der Waals surface area (Å²) < 4.78 is 76.2. The van der Waals surface area contributed by atoms with Crippen molar-refractivity contribution >= 4 is 5.78 Å². The zero-order valence-electron chi connectivity index (χ0n) is 8.08. The molecular formula is C8H8F6O2. The van der Waals surface area contributed by atoms with Crippen molar-refractivity contribution in [2.45, 2.75) is 25.2 Å². The molecule has 0 N–H and O–H groups in total. The van der Waals surface area contributed by atoms with Crippen LogP contribution < -0.4 is 0 Å². The molecule has 0 unspecified atom stereocenters. The van der Waals surface area contributed by atoms with Gasteiger partial charge in [0.15, 0.2) is 18.1 Å². The number of carbonyl (C=O) groups excluding carboxylic acids is 1. The molecule has 0 aliphatic heterocycles. The number of allylic oxidation sites excluding steroid dienone is 1. The first-order valence-corrected chi connectivity index (χ1v) is 3.89. The molecule has 8 heteroatoms. The maximum absolute atomic E-state index is 12.6. The Morgan fingerprint density at radius 3 is 2.06 bits per heavy atom. The number of rotatable bonds is 5. The van der Waals surface area contributed by atoms with Crippen molar-refractivity contribution in [2.75, 3.05) is 6.61 Å². The molecule has 0 bridgehead atoms. The van der Waals surface area contributed by atoms with Crippen LogP contribution in [-0.4, -0.2) is 30.7 Å². The second-order valence-electron chi connectivity index (χ2n) is 2.93. The highest BCUT2D eigenvalue weighted by atomic mass is 19.4. The lowest BCUT2D eigenvalue weighted by Gasteiger charge is -2.22. The van der Waals surface area contributed by atoms with Crippen LogP contribution in [0.5, 0.6) is 0 Å². The number of Topliss-reactive ketones (excluding diaryl/α,β-unsaturated/α-hetero) is 1. The molecule has 0 aliphatic rings. The fraction of sp³-hybridized carbons (Fsp3) is 0.625. The molecule has 0 radical (unpaired) electrons. The molecule has 0 rings (SSSR count). The fourth-order valence-corrected chi connectivity index (χ4v) is 0.598. The Morgan fingerprint density at radius 2 is 1.75 bits per heavy atom. The predicted molar refractivity (Wildman–Crippen MR) is 41.7 cm³/mol. The van der Waals surface area contributed by atoms with Crippen LogP contribution in [0, 0.1) is 0 Å². The van der Waals surface area contributed by atoms with Crippen LogP contribution in [0.15, 0.2) is 12.3 Å². The monoisotopic (exact) mass is 250 g/mol. The van der Waals surface area contributed by atoms with Crippen LogP contribution in [0.25, 0.3) is 0 Å². The second kappa shape index (κ2) is 4.75. The molecule has 0 fully saturated rings. The van der Waals surface area contributed by atoms with Gasteiger partial charge in [-0.25, -0.2) is 4.39 Å². The summed E-state index contributed by atoms with van der Waals surface area (Å²) in [4.78, 5) is 10.4. The van der Waals surface area contributed by atoms with E-state index in [1.807, 2.05) is 0 Å². The van der Waals surface area contributed by atoms with Crippen LogP contribution in [-0.2, 0) is 9.53 Å². The average Bonchev–Trinajstić information content (AvgIpc) is 2.11. The summed E-state index contributed by atoms with van der Waals surface area (Å²) in [5.41, 5.74) is 0. The zero-order chi connectivity index (χ0) is 13.1. The number of ketones is 1. The minimum atomic E-state index is -5.69. The molecule has 2 nitrogen and oxygen atoms in total. The first-order valence-electron chi connectivity index (χ1n) is 3.89. The van der Waals surface area contributed by atoms with Gasteiger partial charge in [0.2, 0.25) is 0 Å². The molecule has 94 valence electrons. The number of alkyl halides is 6. The van der Waals surface area contributed by atoms with Crippen molar-refractivity contribution in [3.05, 3.63) is 12.3 Å². The number of halogens is 6. The highest BCUT2D eigenvalue weighted by Gasteiger charge is 2.57. The summed E-state index contributed by atoms with van der Waals surface area (Å²) in [5.74, 6) is -6.36. The standard InChI is InChI=1S/C8H8F6O2/c1-4(15)5(2)16-3-7(10,11)6(9)8(12,13)14/h6H,2-3H2,1H3/t6-/m0/s1. The van der Waals surface area contributed by atoms with Crippen LogP contribution in [0.2, 0.25) is 0 Å². The minimum Gasteiger partial charge on any atom is -0.484 e. The Labute approximate surface area is 86.9 Å². The van der Waals surface area contributed by atoms with E-state index < -0.39 is 36.4 Å². The SMILES string of the molecule is C=C(OCC(F)(F)[C@H](F)C(F)(F)F)C(C)=O. The highest BCUT2D eigenvalue weighted by Crippen LogP contribution is 2.35. The quantitative estimate of drug-likeness (QED) is 0.426. The Bertz CT molecular complexity index is 283. The van der Waals surface area contributed by atoms with Gasteiger partial charge >= 0.3 is 12.1 Å². The Kier molecular flexibility index (Phi) is 4.39. The summed E-state index contributed by atoms with van der Waals surface area (Å²) in [7, 11) is 0. The van der Waals surface area contributed by atoms with Crippen LogP contribution in [0.3, 0.4) is 0 Å². The maximum atomic E-state index is 12.6. The second-order valence-corrected chi connectivity index (χ2v) is 2.93. The van der Waals surface area contributed by atoms with Gasteiger partial charge in [0.25, 0.3) is 6.17 Å². The molecule has 0 aromatic rings. The fourth-order valence-electron chi connectivity index (χ4n) is 0.598. The van der Waals surface area contributed by atoms with Gasteiger partial charge in [-0.2, -0.15) is 22.0 Å². The summed E-state index contributed by atoms with van der Waals surface area (Å²) in [5, 5.41) is 0. The van der Waals surface area contributed by atoms with Crippen molar-refractivity contribution in [3.8, 4) is 0 Å². The van der Waals surface area contributed by atoms with Gasteiger partial charge in [-0.3, -0.25) is 4.79 Å². The van der Waals surface area contributed by atoms with Gasteiger partial charge in [-0.15, -0.1) is 0 Å². The average molecular weight is 250 g/mol. The number of carbonyl (C=O) groups is 1. The molecule has 16 heavy (non-hydrogen) atoms. The Morgan fingerprint density at radius 1 is 1.31 bits per heavy atom. The minimum absolute atomic E-state index is 0.756. The van der Waals surface area contributed by atoms with Crippen molar-refractivity contribution in [2.24, 2.45) is 0 Å². The first-order chi connectivity index (χ1) is 6.98. The molecular weight excluding hydrogens is 242 g/mol. The molecule has 0 aromatic carbocycles. The van der Waals surface area contributed by atoms with E-state index in [1.165, 1.54) is 0 Å². The zero-order valence-corrected chi connectivity index (χ0v) is 8.08. The lowest BCUT2D eigenvalue weighted by molar-refractivity contribution is -0.252. The van der Waals surface area contributed by atoms with Crippen molar-refractivity contribution in [3.63, 3.8) is 0 Å². The van der Waals surface area contributed by atoms with E-state index in [2.05, 4.69) is 11.3 Å². The van der Waals surface area contributed by atoms with Gasteiger partial charge in [0.05, 0.1) is 0 Å². The molecule has 1 atom stereocenters. The van der Waals surface area contributed by atoms with Crippen LogP contribution in [0.1, 0.15) is 6.92 Å². The van der Waals surface area contributed by atoms with Crippen molar-refractivity contribution in [1.82, 2.24) is 0 Å². The third-order valence-corrected chi connectivity index (χ3v) is 1.49. The van der Waals surface area contributed by atoms with Gasteiger partial charge in [0.1, 0.15) is 0 Å². The first kappa shape index (κ1) is 14.8. The smallest absolute Gasteiger partial charge is 0.425 e. The predicted octanol–water partition coefficient (Wildman–Crippen LogP) is 2.64. The third kappa shape index (κ3) is 4.11. The Hall–Kier alpha value is -1.21. The van der Waals surface area contributed by atoms with Crippen LogP contribution >= 0.6 is 0 Å². The van der Waals surface area contributed by atoms with Gasteiger partial charge in [-0.05, 0) is 0 Å². The summed E-state index contributed by atoms with van der Waals surface area (Å²) in [6.07, 6.45) is -10.0. The normalized spacial score (nSPS) is 14.4. The van der Waals surface area contributed by atoms with E-state index in [0.717, 1.165) is 6.92 Å². The largest absolute Gasteiger partial charge is 0.484 e. The van der Waals surface area contributed by atoms with Gasteiger partial charge in [-0.1, -0.05) is 6.58 Å². The molecule has 0 heterocycles. The molecule has 0 aliphatic carbocycles. The highest BCUT2D eigenvalue weighted by molar-refractivity contribution is 5.90. The summed E-state index contributed by atoms with van der Waals surface area (Å²) in [6, 6.07) is 0. The van der Waals surface area contributed by atoms with Crippen molar-refractivity contribution in [1.29, 1.82) is 0 Å². The van der Waals surface area contributed by atoms with Crippen LogP contribution in [0.4, 0.5) is 26.3 Å². The third-order valence-electron chi connectivity index (χ3n) is 1.49. The molecule has 0 amide bonds. The lowest BCUT2D eigenvalue weighted by atomic mass is 10.2. The van der Waals surface area contributed by atoms with E-state index >= 15 is 0 Å². The molecule has 0 spiro atoms. The van der Waals surface area contributed by atoms with Gasteiger partial charge in [0, 0.05) is 6.92 Å².